The zero-order chi connectivity index (χ0) is 15.2. The molecule has 0 bridgehead atoms. The van der Waals surface area contributed by atoms with Gasteiger partial charge in [0, 0.05) is 5.75 Å². The average molecular weight is 342 g/mol. The molecule has 2 aromatic rings. The molecule has 0 aliphatic carbocycles. The molecule has 0 fully saturated rings. The molecule has 2 aromatic carbocycles. The van der Waals surface area contributed by atoms with Crippen molar-refractivity contribution in [3.8, 4) is 5.75 Å². The molecule has 0 heterocycles. The van der Waals surface area contributed by atoms with Crippen LogP contribution in [0.25, 0.3) is 0 Å². The molecule has 1 amide bonds. The van der Waals surface area contributed by atoms with Crippen LogP contribution in [0.4, 0.5) is 5.69 Å². The van der Waals surface area contributed by atoms with Crippen molar-refractivity contribution in [3.63, 3.8) is 0 Å². The molecular weight excluding hydrogens is 329 g/mol. The summed E-state index contributed by atoms with van der Waals surface area (Å²) in [5.74, 6) is 0.835. The normalized spacial score (nSPS) is 10.4. The summed E-state index contributed by atoms with van der Waals surface area (Å²) >= 11 is 13.2. The number of carbonyl (C=O) groups is 1. The van der Waals surface area contributed by atoms with Gasteiger partial charge >= 0.3 is 0 Å². The van der Waals surface area contributed by atoms with Crippen molar-refractivity contribution >= 4 is 46.6 Å². The van der Waals surface area contributed by atoms with Crippen molar-refractivity contribution in [1.29, 1.82) is 0 Å². The standard InChI is InChI=1S/C15H13Cl2NO2S/c16-11-6-5-10(7-12(11)17)8-21-9-15(20)18-13-3-1-2-4-14(13)19/h1-7,19H,8-9H2,(H,18,20). The van der Waals surface area contributed by atoms with Gasteiger partial charge in [-0.1, -0.05) is 41.4 Å². The summed E-state index contributed by atoms with van der Waals surface area (Å²) in [6.07, 6.45) is 0. The van der Waals surface area contributed by atoms with Gasteiger partial charge in [0.25, 0.3) is 0 Å². The lowest BCUT2D eigenvalue weighted by atomic mass is 10.2. The highest BCUT2D eigenvalue weighted by atomic mass is 35.5. The number of rotatable bonds is 5. The van der Waals surface area contributed by atoms with E-state index in [0.29, 0.717) is 21.5 Å². The van der Waals surface area contributed by atoms with Gasteiger partial charge in [-0.3, -0.25) is 4.79 Å². The third kappa shape index (κ3) is 4.84. The van der Waals surface area contributed by atoms with Gasteiger partial charge in [0.15, 0.2) is 0 Å². The van der Waals surface area contributed by atoms with E-state index in [1.165, 1.54) is 17.8 Å². The van der Waals surface area contributed by atoms with E-state index in [1.807, 2.05) is 6.07 Å². The van der Waals surface area contributed by atoms with E-state index in [4.69, 9.17) is 23.2 Å². The molecule has 110 valence electrons. The maximum absolute atomic E-state index is 11.8. The molecule has 0 unspecified atom stereocenters. The summed E-state index contributed by atoms with van der Waals surface area (Å²) in [5, 5.41) is 13.3. The van der Waals surface area contributed by atoms with Crippen molar-refractivity contribution in [2.45, 2.75) is 5.75 Å². The summed E-state index contributed by atoms with van der Waals surface area (Å²) in [6, 6.07) is 12.0. The molecule has 0 atom stereocenters. The van der Waals surface area contributed by atoms with E-state index >= 15 is 0 Å². The summed E-state index contributed by atoms with van der Waals surface area (Å²) in [5.41, 5.74) is 1.42. The lowest BCUT2D eigenvalue weighted by molar-refractivity contribution is -0.113. The average Bonchev–Trinajstić information content (AvgIpc) is 2.45. The molecule has 0 radical (unpaired) electrons. The van der Waals surface area contributed by atoms with E-state index in [2.05, 4.69) is 5.32 Å². The minimum atomic E-state index is -0.165. The Morgan fingerprint density at radius 1 is 1.14 bits per heavy atom. The van der Waals surface area contributed by atoms with Crippen LogP contribution < -0.4 is 5.32 Å². The van der Waals surface area contributed by atoms with Crippen LogP contribution in [-0.4, -0.2) is 16.8 Å². The first-order valence-electron chi connectivity index (χ1n) is 6.16. The first-order valence-corrected chi connectivity index (χ1v) is 8.07. The fourth-order valence-corrected chi connectivity index (χ4v) is 2.75. The minimum Gasteiger partial charge on any atom is -0.506 e. The van der Waals surface area contributed by atoms with E-state index in [-0.39, 0.29) is 17.4 Å². The van der Waals surface area contributed by atoms with Crippen LogP contribution >= 0.6 is 35.0 Å². The number of halogens is 2. The number of nitrogens with one attached hydrogen (secondary N) is 1. The van der Waals surface area contributed by atoms with Crippen LogP contribution in [0, 0.1) is 0 Å². The van der Waals surface area contributed by atoms with Crippen LogP contribution in [0.3, 0.4) is 0 Å². The van der Waals surface area contributed by atoms with Crippen LogP contribution in [0.5, 0.6) is 5.75 Å². The predicted octanol–water partition coefficient (Wildman–Crippen LogP) is 4.57. The summed E-state index contributed by atoms with van der Waals surface area (Å²) in [4.78, 5) is 11.8. The molecule has 6 heteroatoms. The number of anilines is 1. The molecule has 0 saturated carbocycles. The lowest BCUT2D eigenvalue weighted by Crippen LogP contribution is -2.14. The highest BCUT2D eigenvalue weighted by Crippen LogP contribution is 2.25. The Bertz CT molecular complexity index is 649. The van der Waals surface area contributed by atoms with Crippen molar-refractivity contribution < 1.29 is 9.90 Å². The third-order valence-corrected chi connectivity index (χ3v) is 4.41. The van der Waals surface area contributed by atoms with Crippen LogP contribution in [-0.2, 0) is 10.5 Å². The van der Waals surface area contributed by atoms with E-state index < -0.39 is 0 Å². The quantitative estimate of drug-likeness (QED) is 0.783. The number of carbonyl (C=O) groups excluding carboxylic acids is 1. The number of amides is 1. The van der Waals surface area contributed by atoms with Gasteiger partial charge in [-0.15, -0.1) is 11.8 Å². The summed E-state index contributed by atoms with van der Waals surface area (Å²) in [7, 11) is 0. The van der Waals surface area contributed by atoms with Crippen LogP contribution in [0.1, 0.15) is 5.56 Å². The van der Waals surface area contributed by atoms with Gasteiger partial charge in [-0.25, -0.2) is 0 Å². The summed E-state index contributed by atoms with van der Waals surface area (Å²) in [6.45, 7) is 0. The Morgan fingerprint density at radius 2 is 1.90 bits per heavy atom. The zero-order valence-electron chi connectivity index (χ0n) is 11.0. The largest absolute Gasteiger partial charge is 0.506 e. The fraction of sp³-hybridized carbons (Fsp3) is 0.133. The van der Waals surface area contributed by atoms with Crippen molar-refractivity contribution in [1.82, 2.24) is 0 Å². The van der Waals surface area contributed by atoms with Crippen LogP contribution in [0.2, 0.25) is 10.0 Å². The molecule has 3 nitrogen and oxygen atoms in total. The van der Waals surface area contributed by atoms with E-state index in [0.717, 1.165) is 5.56 Å². The lowest BCUT2D eigenvalue weighted by Gasteiger charge is -2.07. The van der Waals surface area contributed by atoms with Gasteiger partial charge in [0.2, 0.25) is 5.91 Å². The Morgan fingerprint density at radius 3 is 2.62 bits per heavy atom. The number of phenolic OH excluding ortho intramolecular Hbond substituents is 1. The topological polar surface area (TPSA) is 49.3 Å². The smallest absolute Gasteiger partial charge is 0.234 e. The second-order valence-electron chi connectivity index (χ2n) is 4.31. The van der Waals surface area contributed by atoms with Gasteiger partial charge in [0.05, 0.1) is 21.5 Å². The minimum absolute atomic E-state index is 0.0559. The molecule has 0 aliphatic rings. The Balaban J connectivity index is 1.82. The number of aromatic hydroxyl groups is 1. The van der Waals surface area contributed by atoms with Gasteiger partial charge in [0.1, 0.15) is 5.75 Å². The molecule has 0 aliphatic heterocycles. The molecule has 0 saturated heterocycles. The number of thioether (sulfide) groups is 1. The molecule has 0 spiro atoms. The van der Waals surface area contributed by atoms with Crippen molar-refractivity contribution in [2.24, 2.45) is 0 Å². The SMILES string of the molecule is O=C(CSCc1ccc(Cl)c(Cl)c1)Nc1ccccc1O. The van der Waals surface area contributed by atoms with E-state index in [9.17, 15) is 9.90 Å². The first kappa shape index (κ1) is 16.0. The third-order valence-electron chi connectivity index (χ3n) is 2.66. The van der Waals surface area contributed by atoms with Crippen LogP contribution in [0.15, 0.2) is 42.5 Å². The van der Waals surface area contributed by atoms with Gasteiger partial charge in [-0.05, 0) is 29.8 Å². The van der Waals surface area contributed by atoms with E-state index in [1.54, 1.807) is 30.3 Å². The van der Waals surface area contributed by atoms with Gasteiger partial charge < -0.3 is 10.4 Å². The Hall–Kier alpha value is -1.36. The first-order chi connectivity index (χ1) is 10.1. The number of hydrogen-bond acceptors (Lipinski definition) is 3. The summed E-state index contributed by atoms with van der Waals surface area (Å²) < 4.78 is 0. The number of hydrogen-bond donors (Lipinski definition) is 2. The number of para-hydroxylation sites is 2. The number of phenols is 1. The molecule has 0 aromatic heterocycles. The monoisotopic (exact) mass is 341 g/mol. The Kier molecular flexibility index (Phi) is 5.79. The predicted molar refractivity (Wildman–Crippen MR) is 89.4 cm³/mol. The van der Waals surface area contributed by atoms with Gasteiger partial charge in [-0.2, -0.15) is 0 Å². The maximum atomic E-state index is 11.8. The fourth-order valence-electron chi connectivity index (χ4n) is 1.66. The molecule has 2 rings (SSSR count). The maximum Gasteiger partial charge on any atom is 0.234 e. The Labute approximate surface area is 137 Å². The molecule has 21 heavy (non-hydrogen) atoms. The molecular formula is C15H13Cl2NO2S. The van der Waals surface area contributed by atoms with Crippen molar-refractivity contribution in [3.05, 3.63) is 58.1 Å². The zero-order valence-corrected chi connectivity index (χ0v) is 13.3. The molecule has 2 N–H and O–H groups in total. The second kappa shape index (κ2) is 7.59. The van der Waals surface area contributed by atoms with Crippen molar-refractivity contribution in [2.75, 3.05) is 11.1 Å². The second-order valence-corrected chi connectivity index (χ2v) is 6.11. The number of benzene rings is 2. The highest BCUT2D eigenvalue weighted by molar-refractivity contribution is 7.99. The highest BCUT2D eigenvalue weighted by Gasteiger charge is 2.06.